The smallest absolute Gasteiger partial charge is 0.352 e. The van der Waals surface area contributed by atoms with Crippen LogP contribution >= 0.6 is 0 Å². The Bertz CT molecular complexity index is 694. The lowest BCUT2D eigenvalue weighted by Crippen LogP contribution is -2.49. The number of nitrogens with zero attached hydrogens (tertiary/aromatic N) is 5. The molecule has 1 saturated heterocycles. The molecule has 0 N–H and O–H groups in total. The van der Waals surface area contributed by atoms with E-state index in [4.69, 9.17) is 5.26 Å². The first-order valence-electron chi connectivity index (χ1n) is 6.20. The molecular weight excluding hydrogens is 283 g/mol. The first kappa shape index (κ1) is 13.4. The molecule has 3 heterocycles. The van der Waals surface area contributed by atoms with E-state index in [1.807, 2.05) is 6.07 Å². The summed E-state index contributed by atoms with van der Waals surface area (Å²) in [5.74, 6) is -0.0612. The van der Waals surface area contributed by atoms with Crippen LogP contribution < -0.4 is 4.90 Å². The minimum absolute atomic E-state index is 0.0461. The highest BCUT2D eigenvalue weighted by Crippen LogP contribution is 2.37. The number of nitriles is 1. The third-order valence-electron chi connectivity index (χ3n) is 3.36. The fourth-order valence-electron chi connectivity index (χ4n) is 2.26. The van der Waals surface area contributed by atoms with Crippen LogP contribution in [0.4, 0.5) is 19.0 Å². The fraction of sp³-hybridized carbons (Fsp3) is 0.308. The predicted octanol–water partition coefficient (Wildman–Crippen LogP) is 2.23. The number of pyridine rings is 1. The molecule has 0 saturated carbocycles. The zero-order valence-corrected chi connectivity index (χ0v) is 10.7. The van der Waals surface area contributed by atoms with Crippen molar-refractivity contribution in [1.29, 1.82) is 5.26 Å². The molecule has 2 aromatic heterocycles. The molecule has 21 heavy (non-hydrogen) atoms. The summed E-state index contributed by atoms with van der Waals surface area (Å²) in [5, 5.41) is 12.8. The number of anilines is 1. The van der Waals surface area contributed by atoms with E-state index in [9.17, 15) is 13.2 Å². The maximum atomic E-state index is 12.9. The van der Waals surface area contributed by atoms with Gasteiger partial charge in [0.2, 0.25) is 0 Å². The number of halogens is 3. The number of rotatable bonds is 2. The molecule has 1 fully saturated rings. The second-order valence-electron chi connectivity index (χ2n) is 4.75. The summed E-state index contributed by atoms with van der Waals surface area (Å²) in [6, 6.07) is 4.22. The molecule has 0 bridgehead atoms. The summed E-state index contributed by atoms with van der Waals surface area (Å²) >= 11 is 0. The standard InChI is InChI=1S/C13H10F3N5/c14-13(15,16)11-2-1-3-18-12(11)20-7-10(8-20)21-6-9(4-17)5-19-21/h1-3,5-6,10H,7-8H2. The van der Waals surface area contributed by atoms with Gasteiger partial charge in [-0.2, -0.15) is 23.5 Å². The first-order valence-corrected chi connectivity index (χ1v) is 6.20. The van der Waals surface area contributed by atoms with Crippen molar-refractivity contribution in [3.05, 3.63) is 41.9 Å². The molecule has 0 atom stereocenters. The maximum Gasteiger partial charge on any atom is 0.419 e. The number of hydrogen-bond donors (Lipinski definition) is 0. The zero-order chi connectivity index (χ0) is 15.0. The third-order valence-corrected chi connectivity index (χ3v) is 3.36. The SMILES string of the molecule is N#Cc1cnn(C2CN(c3ncccc3C(F)(F)F)C2)c1. The van der Waals surface area contributed by atoms with E-state index in [0.29, 0.717) is 18.7 Å². The highest BCUT2D eigenvalue weighted by Gasteiger charge is 2.39. The highest BCUT2D eigenvalue weighted by atomic mass is 19.4. The van der Waals surface area contributed by atoms with Gasteiger partial charge in [0.25, 0.3) is 0 Å². The van der Waals surface area contributed by atoms with Gasteiger partial charge in [-0.3, -0.25) is 4.68 Å². The van der Waals surface area contributed by atoms with Gasteiger partial charge in [-0.05, 0) is 12.1 Å². The van der Waals surface area contributed by atoms with Crippen LogP contribution in [0.3, 0.4) is 0 Å². The molecule has 108 valence electrons. The molecule has 5 nitrogen and oxygen atoms in total. The average molecular weight is 293 g/mol. The summed E-state index contributed by atoms with van der Waals surface area (Å²) in [4.78, 5) is 5.40. The molecule has 0 radical (unpaired) electrons. The Morgan fingerprint density at radius 2 is 2.10 bits per heavy atom. The van der Waals surface area contributed by atoms with Gasteiger partial charge in [0.05, 0.1) is 23.4 Å². The lowest BCUT2D eigenvalue weighted by atomic mass is 10.1. The Morgan fingerprint density at radius 1 is 1.33 bits per heavy atom. The largest absolute Gasteiger partial charge is 0.419 e. The molecule has 2 aromatic rings. The number of aromatic nitrogens is 3. The lowest BCUT2D eigenvalue weighted by molar-refractivity contribution is -0.137. The normalized spacial score (nSPS) is 15.6. The fourth-order valence-corrected chi connectivity index (χ4v) is 2.26. The van der Waals surface area contributed by atoms with Crippen LogP contribution in [-0.4, -0.2) is 27.9 Å². The molecule has 8 heteroatoms. The summed E-state index contributed by atoms with van der Waals surface area (Å²) in [5.41, 5.74) is -0.302. The van der Waals surface area contributed by atoms with E-state index >= 15 is 0 Å². The molecular formula is C13H10F3N5. The second-order valence-corrected chi connectivity index (χ2v) is 4.75. The van der Waals surface area contributed by atoms with Gasteiger partial charge < -0.3 is 4.90 Å². The van der Waals surface area contributed by atoms with E-state index in [-0.39, 0.29) is 11.9 Å². The van der Waals surface area contributed by atoms with Gasteiger partial charge in [-0.15, -0.1) is 0 Å². The van der Waals surface area contributed by atoms with Crippen molar-refractivity contribution in [1.82, 2.24) is 14.8 Å². The molecule has 3 rings (SSSR count). The maximum absolute atomic E-state index is 12.9. The molecule has 1 aliphatic rings. The molecule has 0 aliphatic carbocycles. The summed E-state index contributed by atoms with van der Waals surface area (Å²) in [6.07, 6.45) is -0.0520. The molecule has 0 amide bonds. The quantitative estimate of drug-likeness (QED) is 0.852. The molecule has 1 aliphatic heterocycles. The van der Waals surface area contributed by atoms with E-state index in [2.05, 4.69) is 10.1 Å². The third kappa shape index (κ3) is 2.42. The van der Waals surface area contributed by atoms with Gasteiger partial charge in [-0.25, -0.2) is 4.98 Å². The summed E-state index contributed by atoms with van der Waals surface area (Å²) in [6.45, 7) is 0.763. The average Bonchev–Trinajstić information content (AvgIpc) is 2.85. The monoisotopic (exact) mass is 293 g/mol. The van der Waals surface area contributed by atoms with E-state index in [0.717, 1.165) is 6.07 Å². The molecule has 0 spiro atoms. The van der Waals surface area contributed by atoms with Crippen LogP contribution in [-0.2, 0) is 6.18 Å². The second kappa shape index (κ2) is 4.77. The molecule has 0 aromatic carbocycles. The summed E-state index contributed by atoms with van der Waals surface area (Å²) < 4.78 is 40.4. The van der Waals surface area contributed by atoms with Crippen molar-refractivity contribution >= 4 is 5.82 Å². The Morgan fingerprint density at radius 3 is 2.71 bits per heavy atom. The summed E-state index contributed by atoms with van der Waals surface area (Å²) in [7, 11) is 0. The Kier molecular flexibility index (Phi) is 3.05. The number of alkyl halides is 3. The van der Waals surface area contributed by atoms with Crippen LogP contribution in [0.15, 0.2) is 30.7 Å². The van der Waals surface area contributed by atoms with Crippen molar-refractivity contribution in [2.24, 2.45) is 0 Å². The van der Waals surface area contributed by atoms with Crippen molar-refractivity contribution in [2.75, 3.05) is 18.0 Å². The highest BCUT2D eigenvalue weighted by molar-refractivity contribution is 5.50. The Balaban J connectivity index is 1.76. The van der Waals surface area contributed by atoms with Gasteiger partial charge in [-0.1, -0.05) is 0 Å². The van der Waals surface area contributed by atoms with Crippen molar-refractivity contribution in [3.63, 3.8) is 0 Å². The zero-order valence-electron chi connectivity index (χ0n) is 10.7. The minimum Gasteiger partial charge on any atom is -0.352 e. The van der Waals surface area contributed by atoms with E-state index in [1.165, 1.54) is 18.5 Å². The topological polar surface area (TPSA) is 57.7 Å². The minimum atomic E-state index is -4.42. The van der Waals surface area contributed by atoms with Gasteiger partial charge >= 0.3 is 6.18 Å². The van der Waals surface area contributed by atoms with Crippen LogP contribution in [0, 0.1) is 11.3 Å². The lowest BCUT2D eigenvalue weighted by Gasteiger charge is -2.40. The van der Waals surface area contributed by atoms with Crippen molar-refractivity contribution < 1.29 is 13.2 Å². The van der Waals surface area contributed by atoms with Gasteiger partial charge in [0.15, 0.2) is 0 Å². The van der Waals surface area contributed by atoms with Crippen LogP contribution in [0.2, 0.25) is 0 Å². The first-order chi connectivity index (χ1) is 9.99. The van der Waals surface area contributed by atoms with E-state index < -0.39 is 11.7 Å². The van der Waals surface area contributed by atoms with Crippen molar-refractivity contribution in [3.8, 4) is 6.07 Å². The van der Waals surface area contributed by atoms with Crippen LogP contribution in [0.1, 0.15) is 17.2 Å². The molecule has 0 unspecified atom stereocenters. The van der Waals surface area contributed by atoms with Gasteiger partial charge in [0, 0.05) is 25.5 Å². The van der Waals surface area contributed by atoms with E-state index in [1.54, 1.807) is 15.8 Å². The predicted molar refractivity (Wildman–Crippen MR) is 67.4 cm³/mol. The Hall–Kier alpha value is -2.56. The Labute approximate surface area is 118 Å². The number of hydrogen-bond acceptors (Lipinski definition) is 4. The van der Waals surface area contributed by atoms with Gasteiger partial charge in [0.1, 0.15) is 11.9 Å². The van der Waals surface area contributed by atoms with Crippen LogP contribution in [0.5, 0.6) is 0 Å². The van der Waals surface area contributed by atoms with Crippen molar-refractivity contribution in [2.45, 2.75) is 12.2 Å². The van der Waals surface area contributed by atoms with Crippen LogP contribution in [0.25, 0.3) is 0 Å².